The van der Waals surface area contributed by atoms with Crippen LogP contribution >= 0.6 is 0 Å². The predicted molar refractivity (Wildman–Crippen MR) is 139 cm³/mol. The Morgan fingerprint density at radius 2 is 1.39 bits per heavy atom. The van der Waals surface area contributed by atoms with E-state index < -0.39 is 28.4 Å². The molecule has 0 aliphatic carbocycles. The third-order valence-electron chi connectivity index (χ3n) is 7.28. The van der Waals surface area contributed by atoms with Crippen molar-refractivity contribution in [2.24, 2.45) is 0 Å². The molecular formula is C27H40FNO2SSn. The molecule has 0 N–H and O–H groups in total. The van der Waals surface area contributed by atoms with Crippen LogP contribution in [0.1, 0.15) is 76.0 Å². The molecule has 6 heteroatoms. The number of unbranched alkanes of at least 4 members (excludes halogenated alkanes) is 3. The quantitative estimate of drug-likeness (QED) is 0.257. The number of hydrogen-bond acceptors (Lipinski definition) is 2. The average Bonchev–Trinajstić information content (AvgIpc) is 3.26. The third-order valence-corrected chi connectivity index (χ3v) is 24.7. The van der Waals surface area contributed by atoms with Crippen LogP contribution in [0.4, 0.5) is 4.39 Å². The van der Waals surface area contributed by atoms with Crippen molar-refractivity contribution in [1.29, 1.82) is 0 Å². The number of rotatable bonds is 12. The first-order valence-corrected chi connectivity index (χ1v) is 21.6. The third kappa shape index (κ3) is 5.84. The summed E-state index contributed by atoms with van der Waals surface area (Å²) in [5, 5.41) is 0. The molecule has 0 spiro atoms. The molecule has 2 aromatic rings. The Morgan fingerprint density at radius 3 is 1.91 bits per heavy atom. The van der Waals surface area contributed by atoms with Crippen LogP contribution in [0.25, 0.3) is 0 Å². The van der Waals surface area contributed by atoms with E-state index in [-0.39, 0.29) is 23.8 Å². The van der Waals surface area contributed by atoms with Crippen molar-refractivity contribution < 1.29 is 12.8 Å². The second-order valence-electron chi connectivity index (χ2n) is 9.74. The Morgan fingerprint density at radius 1 is 0.848 bits per heavy atom. The summed E-state index contributed by atoms with van der Waals surface area (Å²) in [6.45, 7) is 9.01. The maximum atomic E-state index is 16.2. The fraction of sp³-hybridized carbons (Fsp3) is 0.556. The van der Waals surface area contributed by atoms with E-state index in [1.807, 2.05) is 25.1 Å². The molecule has 1 heterocycles. The second-order valence-corrected chi connectivity index (χ2v) is 24.8. The van der Waals surface area contributed by atoms with Crippen molar-refractivity contribution in [3.63, 3.8) is 0 Å². The van der Waals surface area contributed by atoms with E-state index in [4.69, 9.17) is 0 Å². The molecule has 1 aliphatic rings. The van der Waals surface area contributed by atoms with Gasteiger partial charge < -0.3 is 0 Å². The molecule has 0 atom stereocenters. The molecule has 1 aliphatic heterocycles. The van der Waals surface area contributed by atoms with Gasteiger partial charge in [0.05, 0.1) is 0 Å². The molecule has 182 valence electrons. The zero-order valence-electron chi connectivity index (χ0n) is 20.8. The summed E-state index contributed by atoms with van der Waals surface area (Å²) >= 11 is -2.95. The second kappa shape index (κ2) is 11.7. The number of nitrogens with zero attached hydrogens (tertiary/aromatic N) is 1. The van der Waals surface area contributed by atoms with E-state index >= 15 is 4.39 Å². The summed E-state index contributed by atoms with van der Waals surface area (Å²) in [6, 6.07) is 11.0. The minimum absolute atomic E-state index is 0.0757. The molecule has 0 radical (unpaired) electrons. The van der Waals surface area contributed by atoms with E-state index in [9.17, 15) is 8.42 Å². The molecule has 0 saturated heterocycles. The van der Waals surface area contributed by atoms with Crippen molar-refractivity contribution in [1.82, 2.24) is 4.31 Å². The van der Waals surface area contributed by atoms with Crippen molar-refractivity contribution in [3.8, 4) is 0 Å². The van der Waals surface area contributed by atoms with Gasteiger partial charge in [0, 0.05) is 0 Å². The average molecular weight is 580 g/mol. The molecule has 0 saturated carbocycles. The van der Waals surface area contributed by atoms with Gasteiger partial charge in [0.2, 0.25) is 0 Å². The van der Waals surface area contributed by atoms with Gasteiger partial charge in [-0.15, -0.1) is 0 Å². The number of hydrogen-bond donors (Lipinski definition) is 0. The van der Waals surface area contributed by atoms with E-state index in [1.54, 1.807) is 12.1 Å². The fourth-order valence-electron chi connectivity index (χ4n) is 5.17. The zero-order valence-corrected chi connectivity index (χ0v) is 24.5. The molecule has 33 heavy (non-hydrogen) atoms. The van der Waals surface area contributed by atoms with Crippen LogP contribution in [0.2, 0.25) is 13.3 Å². The van der Waals surface area contributed by atoms with Gasteiger partial charge in [0.1, 0.15) is 0 Å². The Labute approximate surface area is 204 Å². The number of fused-ring (bicyclic) bond motifs is 1. The van der Waals surface area contributed by atoms with Crippen LogP contribution in [0, 0.1) is 12.7 Å². The number of benzene rings is 2. The first-order valence-electron chi connectivity index (χ1n) is 12.7. The van der Waals surface area contributed by atoms with Gasteiger partial charge in [0.15, 0.2) is 0 Å². The Kier molecular flexibility index (Phi) is 9.44. The van der Waals surface area contributed by atoms with E-state index in [0.29, 0.717) is 5.56 Å². The van der Waals surface area contributed by atoms with Crippen molar-refractivity contribution >= 4 is 32.0 Å². The van der Waals surface area contributed by atoms with Gasteiger partial charge in [-0.2, -0.15) is 0 Å². The maximum absolute atomic E-state index is 16.2. The van der Waals surface area contributed by atoms with Crippen LogP contribution in [-0.2, 0) is 23.1 Å². The predicted octanol–water partition coefficient (Wildman–Crippen LogP) is 6.89. The molecule has 0 amide bonds. The first-order chi connectivity index (χ1) is 15.8. The Balaban J connectivity index is 1.97. The summed E-state index contributed by atoms with van der Waals surface area (Å²) in [5.41, 5.74) is 2.46. The van der Waals surface area contributed by atoms with Gasteiger partial charge >= 0.3 is 206 Å². The molecular weight excluding hydrogens is 540 g/mol. The molecule has 3 rings (SSSR count). The number of aryl methyl sites for hydroxylation is 1. The van der Waals surface area contributed by atoms with Gasteiger partial charge in [-0.05, 0) is 0 Å². The van der Waals surface area contributed by atoms with Gasteiger partial charge in [-0.25, -0.2) is 0 Å². The zero-order chi connectivity index (χ0) is 24.1. The standard InChI is InChI=1S/C15H13FNO2S.3C4H9.Sn/c1-11-5-7-13(8-6-11)20(18,19)17-9-12-3-2-4-15(16)14(12)10-17;3*1-3-4-2;/h2-3,5-8H,9-10H2,1H3;3*1,3-4H2,2H3;. The minimum atomic E-state index is -3.65. The van der Waals surface area contributed by atoms with Crippen LogP contribution in [-0.4, -0.2) is 31.1 Å². The van der Waals surface area contributed by atoms with Crippen molar-refractivity contribution in [3.05, 3.63) is 58.9 Å². The molecule has 2 aromatic carbocycles. The summed E-state index contributed by atoms with van der Waals surface area (Å²) in [7, 11) is -3.65. The van der Waals surface area contributed by atoms with Gasteiger partial charge in [0.25, 0.3) is 0 Å². The summed E-state index contributed by atoms with van der Waals surface area (Å²) in [6.07, 6.45) is 6.96. The van der Waals surface area contributed by atoms with Crippen molar-refractivity contribution in [2.75, 3.05) is 0 Å². The van der Waals surface area contributed by atoms with Gasteiger partial charge in [-0.1, -0.05) is 0 Å². The van der Waals surface area contributed by atoms with Crippen LogP contribution in [0.15, 0.2) is 41.3 Å². The molecule has 0 unspecified atom stereocenters. The van der Waals surface area contributed by atoms with Gasteiger partial charge in [-0.3, -0.25) is 0 Å². The fourth-order valence-corrected chi connectivity index (χ4v) is 22.8. The molecule has 0 aromatic heterocycles. The summed E-state index contributed by atoms with van der Waals surface area (Å²) < 4.78 is 48.8. The Bertz CT molecular complexity index is 1020. The first kappa shape index (κ1) is 26.7. The number of halogens is 1. The van der Waals surface area contributed by atoms with Crippen LogP contribution < -0.4 is 3.58 Å². The van der Waals surface area contributed by atoms with E-state index in [1.165, 1.54) is 36.9 Å². The van der Waals surface area contributed by atoms with E-state index in [2.05, 4.69) is 26.8 Å². The number of sulfonamides is 1. The summed E-state index contributed by atoms with van der Waals surface area (Å²) in [4.78, 5) is 0.281. The topological polar surface area (TPSA) is 37.4 Å². The normalized spacial score (nSPS) is 14.6. The molecule has 0 bridgehead atoms. The molecule has 3 nitrogen and oxygen atoms in total. The summed E-state index contributed by atoms with van der Waals surface area (Å²) in [5.74, 6) is -0.0757. The molecule has 0 fully saturated rings. The van der Waals surface area contributed by atoms with Crippen LogP contribution in [0.5, 0.6) is 0 Å². The van der Waals surface area contributed by atoms with Crippen molar-refractivity contribution in [2.45, 2.75) is 97.5 Å². The monoisotopic (exact) mass is 581 g/mol. The van der Waals surface area contributed by atoms with Crippen LogP contribution in [0.3, 0.4) is 0 Å². The van der Waals surface area contributed by atoms with E-state index in [0.717, 1.165) is 34.0 Å². The SMILES string of the molecule is CCC[CH2][Sn]([CH2]CCC)([CH2]CCC)[c]1ccc2c(c1F)CN(S(=O)(=O)c1ccc(C)cc1)C2. The Hall–Kier alpha value is -0.921.